The average Bonchev–Trinajstić information content (AvgIpc) is 3.22. The maximum Gasteiger partial charge on any atom is 0.335 e. The molecule has 0 saturated carbocycles. The van der Waals surface area contributed by atoms with Crippen LogP contribution in [-0.2, 0) is 13.2 Å². The number of carboxylic acid groups (broad SMARTS) is 1. The van der Waals surface area contributed by atoms with Gasteiger partial charge in [0.2, 0.25) is 0 Å². The van der Waals surface area contributed by atoms with Crippen LogP contribution >= 0.6 is 0 Å². The van der Waals surface area contributed by atoms with Gasteiger partial charge in [-0.25, -0.2) is 9.78 Å². The van der Waals surface area contributed by atoms with Gasteiger partial charge in [0.05, 0.1) is 17.6 Å². The highest BCUT2D eigenvalue weighted by Gasteiger charge is 2.20. The minimum absolute atomic E-state index is 0.238. The molecular formula is C26H20N2O3. The number of nitrogens with zero attached hydrogens (tertiary/aromatic N) is 2. The number of allylic oxidation sites excluding steroid dienone is 1. The second-order valence-electron chi connectivity index (χ2n) is 7.40. The highest BCUT2D eigenvalue weighted by atomic mass is 16.5. The van der Waals surface area contributed by atoms with Gasteiger partial charge in [0, 0.05) is 23.9 Å². The lowest BCUT2D eigenvalue weighted by Gasteiger charge is -2.12. The summed E-state index contributed by atoms with van der Waals surface area (Å²) in [5, 5.41) is 9.48. The van der Waals surface area contributed by atoms with E-state index in [2.05, 4.69) is 17.1 Å². The van der Waals surface area contributed by atoms with Crippen molar-refractivity contribution in [1.29, 1.82) is 0 Å². The predicted molar refractivity (Wildman–Crippen MR) is 119 cm³/mol. The Hall–Kier alpha value is -4.12. The summed E-state index contributed by atoms with van der Waals surface area (Å²) in [6, 6.07) is 23.1. The number of aromatic carboxylic acids is 1. The van der Waals surface area contributed by atoms with Crippen molar-refractivity contribution in [2.24, 2.45) is 0 Å². The van der Waals surface area contributed by atoms with Gasteiger partial charge >= 0.3 is 5.97 Å². The third kappa shape index (κ3) is 3.73. The van der Waals surface area contributed by atoms with Crippen molar-refractivity contribution in [2.75, 3.05) is 0 Å². The molecule has 0 saturated heterocycles. The molecule has 1 aromatic heterocycles. The molecule has 5 heteroatoms. The van der Waals surface area contributed by atoms with E-state index < -0.39 is 5.97 Å². The van der Waals surface area contributed by atoms with E-state index in [1.54, 1.807) is 18.2 Å². The average molecular weight is 408 g/mol. The van der Waals surface area contributed by atoms with E-state index in [1.165, 1.54) is 0 Å². The quantitative estimate of drug-likeness (QED) is 0.499. The topological polar surface area (TPSA) is 64.3 Å². The minimum atomic E-state index is -0.957. The van der Waals surface area contributed by atoms with Crippen molar-refractivity contribution in [3.8, 4) is 17.0 Å². The molecule has 0 bridgehead atoms. The number of hydrogen-bond donors (Lipinski definition) is 1. The lowest BCUT2D eigenvalue weighted by Crippen LogP contribution is -2.00. The highest BCUT2D eigenvalue weighted by molar-refractivity contribution is 5.92. The molecule has 0 unspecified atom stereocenters. The number of ether oxygens (including phenoxy) is 1. The van der Waals surface area contributed by atoms with Crippen LogP contribution in [-0.4, -0.2) is 20.6 Å². The van der Waals surface area contributed by atoms with E-state index in [-0.39, 0.29) is 5.56 Å². The first kappa shape index (κ1) is 18.9. The van der Waals surface area contributed by atoms with E-state index in [9.17, 15) is 9.90 Å². The van der Waals surface area contributed by atoms with Gasteiger partial charge in [0.15, 0.2) is 0 Å². The van der Waals surface area contributed by atoms with E-state index in [0.29, 0.717) is 18.9 Å². The SMILES string of the molecule is O=C(O)c1ccc2c(c1)C(=CCn1cnc(-c3ccccc3)c1)c1ccccc1CO2. The smallest absolute Gasteiger partial charge is 0.335 e. The second-order valence-corrected chi connectivity index (χ2v) is 7.40. The Morgan fingerprint density at radius 3 is 2.68 bits per heavy atom. The zero-order chi connectivity index (χ0) is 21.2. The van der Waals surface area contributed by atoms with Crippen LogP contribution in [0, 0.1) is 0 Å². The number of benzene rings is 3. The van der Waals surface area contributed by atoms with Crippen LogP contribution in [0.25, 0.3) is 16.8 Å². The Bertz CT molecular complexity index is 1290. The molecular weight excluding hydrogens is 388 g/mol. The van der Waals surface area contributed by atoms with Crippen LogP contribution in [0.5, 0.6) is 5.75 Å². The lowest BCUT2D eigenvalue weighted by molar-refractivity contribution is 0.0697. The van der Waals surface area contributed by atoms with Crippen LogP contribution in [0.3, 0.4) is 0 Å². The fourth-order valence-electron chi connectivity index (χ4n) is 3.84. The Balaban J connectivity index is 1.56. The molecule has 0 spiro atoms. The zero-order valence-corrected chi connectivity index (χ0v) is 16.7. The summed E-state index contributed by atoms with van der Waals surface area (Å²) in [7, 11) is 0. The molecule has 4 aromatic rings. The van der Waals surface area contributed by atoms with Crippen molar-refractivity contribution in [3.63, 3.8) is 0 Å². The highest BCUT2D eigenvalue weighted by Crippen LogP contribution is 2.37. The van der Waals surface area contributed by atoms with E-state index >= 15 is 0 Å². The van der Waals surface area contributed by atoms with Crippen LogP contribution in [0.2, 0.25) is 0 Å². The van der Waals surface area contributed by atoms with Crippen molar-refractivity contribution in [2.45, 2.75) is 13.2 Å². The molecule has 5 nitrogen and oxygen atoms in total. The summed E-state index contributed by atoms with van der Waals surface area (Å²) in [6.45, 7) is 1.04. The number of imidazole rings is 1. The summed E-state index contributed by atoms with van der Waals surface area (Å²) in [5.74, 6) is -0.273. The van der Waals surface area contributed by atoms with Gasteiger partial charge in [-0.1, -0.05) is 60.7 Å². The van der Waals surface area contributed by atoms with Crippen molar-refractivity contribution in [3.05, 3.63) is 114 Å². The number of carbonyl (C=O) groups is 1. The third-order valence-electron chi connectivity index (χ3n) is 5.42. The van der Waals surface area contributed by atoms with Gasteiger partial charge in [0.1, 0.15) is 12.4 Å². The van der Waals surface area contributed by atoms with E-state index in [4.69, 9.17) is 4.74 Å². The molecule has 0 atom stereocenters. The molecule has 0 radical (unpaired) electrons. The lowest BCUT2D eigenvalue weighted by atomic mass is 9.93. The molecule has 1 aliphatic heterocycles. The van der Waals surface area contributed by atoms with Crippen LogP contribution in [0.1, 0.15) is 27.0 Å². The summed E-state index contributed by atoms with van der Waals surface area (Å²) in [4.78, 5) is 16.1. The fraction of sp³-hybridized carbons (Fsp3) is 0.0769. The second kappa shape index (κ2) is 7.95. The fourth-order valence-corrected chi connectivity index (χ4v) is 3.84. The standard InChI is InChI=1S/C26H20N2O3/c29-26(30)19-10-11-25-23(14-19)22(21-9-5-4-8-20(21)16-31-25)12-13-28-15-24(27-17-28)18-6-2-1-3-7-18/h1-12,14-15,17H,13,16H2,(H,29,30). The zero-order valence-electron chi connectivity index (χ0n) is 16.7. The first-order valence-corrected chi connectivity index (χ1v) is 10.1. The van der Waals surface area contributed by atoms with Crippen molar-refractivity contribution >= 4 is 11.5 Å². The van der Waals surface area contributed by atoms with Gasteiger partial charge in [0.25, 0.3) is 0 Å². The molecule has 31 heavy (non-hydrogen) atoms. The Morgan fingerprint density at radius 1 is 1.03 bits per heavy atom. The monoisotopic (exact) mass is 408 g/mol. The maximum atomic E-state index is 11.6. The summed E-state index contributed by atoms with van der Waals surface area (Å²) in [5.41, 5.74) is 6.08. The molecule has 0 aliphatic carbocycles. The first-order chi connectivity index (χ1) is 15.2. The minimum Gasteiger partial charge on any atom is -0.488 e. The number of carboxylic acids is 1. The Morgan fingerprint density at radius 2 is 1.84 bits per heavy atom. The van der Waals surface area contributed by atoms with Crippen molar-refractivity contribution in [1.82, 2.24) is 9.55 Å². The van der Waals surface area contributed by atoms with Gasteiger partial charge in [-0.05, 0) is 34.9 Å². The predicted octanol–water partition coefficient (Wildman–Crippen LogP) is 5.27. The van der Waals surface area contributed by atoms with Gasteiger partial charge < -0.3 is 14.4 Å². The molecule has 1 N–H and O–H groups in total. The largest absolute Gasteiger partial charge is 0.488 e. The van der Waals surface area contributed by atoms with E-state index in [1.807, 2.05) is 65.6 Å². The van der Waals surface area contributed by atoms with Gasteiger partial charge in [-0.2, -0.15) is 0 Å². The Kier molecular flexibility index (Phi) is 4.84. The van der Waals surface area contributed by atoms with Crippen molar-refractivity contribution < 1.29 is 14.6 Å². The van der Waals surface area contributed by atoms with E-state index in [0.717, 1.165) is 33.5 Å². The number of hydrogen-bond acceptors (Lipinski definition) is 3. The third-order valence-corrected chi connectivity index (χ3v) is 5.42. The molecule has 0 amide bonds. The van der Waals surface area contributed by atoms with Crippen LogP contribution in [0.15, 0.2) is 91.4 Å². The first-order valence-electron chi connectivity index (χ1n) is 10.1. The summed E-state index contributed by atoms with van der Waals surface area (Å²) in [6.07, 6.45) is 5.93. The molecule has 0 fully saturated rings. The summed E-state index contributed by atoms with van der Waals surface area (Å²) < 4.78 is 8.02. The number of aromatic nitrogens is 2. The molecule has 152 valence electrons. The maximum absolute atomic E-state index is 11.6. The molecule has 1 aliphatic rings. The molecule has 5 rings (SSSR count). The Labute approximate surface area is 179 Å². The summed E-state index contributed by atoms with van der Waals surface area (Å²) >= 11 is 0. The molecule has 3 aromatic carbocycles. The van der Waals surface area contributed by atoms with Gasteiger partial charge in [-0.3, -0.25) is 0 Å². The number of rotatable bonds is 4. The normalized spacial score (nSPS) is 13.7. The van der Waals surface area contributed by atoms with Crippen LogP contribution < -0.4 is 4.74 Å². The number of fused-ring (bicyclic) bond motifs is 2. The van der Waals surface area contributed by atoms with Gasteiger partial charge in [-0.15, -0.1) is 0 Å². The molecule has 2 heterocycles. The van der Waals surface area contributed by atoms with Crippen LogP contribution in [0.4, 0.5) is 0 Å².